The van der Waals surface area contributed by atoms with Crippen LogP contribution in [0.2, 0.25) is 0 Å². The summed E-state index contributed by atoms with van der Waals surface area (Å²) in [6.45, 7) is 0. The highest BCUT2D eigenvalue weighted by atomic mass is 16.3. The molecular formula is C14H16N2O. The Hall–Kier alpha value is -1.74. The van der Waals surface area contributed by atoms with Gasteiger partial charge in [-0.15, -0.1) is 0 Å². The number of aliphatic hydroxyl groups is 1. The standard InChI is InChI=1S/C14H16N2O/c17-14(11-13-3-1-2-8-16-13)5-4-12-6-9-15-10-7-12/h1-3,6-10,14,17H,4-5,11H2. The number of hydrogen-bond donors (Lipinski definition) is 1. The molecule has 0 bridgehead atoms. The Morgan fingerprint density at radius 1 is 1.06 bits per heavy atom. The van der Waals surface area contributed by atoms with Crippen LogP contribution in [0.25, 0.3) is 0 Å². The maximum absolute atomic E-state index is 9.91. The van der Waals surface area contributed by atoms with Crippen molar-refractivity contribution in [1.82, 2.24) is 9.97 Å². The first-order valence-electron chi connectivity index (χ1n) is 5.81. The highest BCUT2D eigenvalue weighted by Crippen LogP contribution is 2.07. The zero-order chi connectivity index (χ0) is 11.9. The Kier molecular flexibility index (Phi) is 4.22. The molecule has 0 saturated heterocycles. The van der Waals surface area contributed by atoms with Crippen molar-refractivity contribution in [3.05, 3.63) is 60.2 Å². The number of aryl methyl sites for hydroxylation is 1. The molecule has 2 heterocycles. The number of hydrogen-bond acceptors (Lipinski definition) is 3. The molecule has 1 atom stereocenters. The summed E-state index contributed by atoms with van der Waals surface area (Å²) in [5, 5.41) is 9.91. The molecule has 0 saturated carbocycles. The second-order valence-electron chi connectivity index (χ2n) is 4.07. The van der Waals surface area contributed by atoms with Crippen molar-refractivity contribution in [3.8, 4) is 0 Å². The van der Waals surface area contributed by atoms with Crippen molar-refractivity contribution >= 4 is 0 Å². The molecular weight excluding hydrogens is 212 g/mol. The van der Waals surface area contributed by atoms with Crippen LogP contribution in [0.5, 0.6) is 0 Å². The van der Waals surface area contributed by atoms with Crippen molar-refractivity contribution in [1.29, 1.82) is 0 Å². The number of aromatic nitrogens is 2. The second-order valence-corrected chi connectivity index (χ2v) is 4.07. The largest absolute Gasteiger partial charge is 0.393 e. The molecule has 0 aliphatic heterocycles. The molecule has 3 nitrogen and oxygen atoms in total. The van der Waals surface area contributed by atoms with Crippen LogP contribution in [0.1, 0.15) is 17.7 Å². The van der Waals surface area contributed by atoms with Crippen molar-refractivity contribution < 1.29 is 5.11 Å². The van der Waals surface area contributed by atoms with Crippen LogP contribution in [0.3, 0.4) is 0 Å². The molecule has 1 unspecified atom stereocenters. The fourth-order valence-corrected chi connectivity index (χ4v) is 1.75. The minimum Gasteiger partial charge on any atom is -0.393 e. The number of aliphatic hydroxyl groups excluding tert-OH is 1. The summed E-state index contributed by atoms with van der Waals surface area (Å²) in [6.07, 6.45) is 7.22. The number of rotatable bonds is 5. The molecule has 0 aliphatic carbocycles. The molecule has 2 aromatic rings. The van der Waals surface area contributed by atoms with E-state index in [1.165, 1.54) is 5.56 Å². The second kappa shape index (κ2) is 6.11. The van der Waals surface area contributed by atoms with E-state index >= 15 is 0 Å². The predicted molar refractivity (Wildman–Crippen MR) is 66.5 cm³/mol. The van der Waals surface area contributed by atoms with Crippen molar-refractivity contribution in [2.75, 3.05) is 0 Å². The van der Waals surface area contributed by atoms with E-state index in [0.717, 1.165) is 18.5 Å². The SMILES string of the molecule is OC(CCc1ccncc1)Cc1ccccn1. The summed E-state index contributed by atoms with van der Waals surface area (Å²) in [6, 6.07) is 9.72. The van der Waals surface area contributed by atoms with Crippen molar-refractivity contribution in [3.63, 3.8) is 0 Å². The van der Waals surface area contributed by atoms with Gasteiger partial charge in [-0.25, -0.2) is 0 Å². The molecule has 0 fully saturated rings. The molecule has 0 aliphatic rings. The van der Waals surface area contributed by atoms with Crippen LogP contribution in [-0.4, -0.2) is 21.2 Å². The van der Waals surface area contributed by atoms with E-state index in [2.05, 4.69) is 9.97 Å². The van der Waals surface area contributed by atoms with Crippen LogP contribution in [-0.2, 0) is 12.8 Å². The van der Waals surface area contributed by atoms with E-state index < -0.39 is 0 Å². The Morgan fingerprint density at radius 3 is 2.59 bits per heavy atom. The minimum absolute atomic E-state index is 0.335. The zero-order valence-corrected chi connectivity index (χ0v) is 9.66. The van der Waals surface area contributed by atoms with Crippen molar-refractivity contribution in [2.24, 2.45) is 0 Å². The van der Waals surface area contributed by atoms with Gasteiger partial charge in [0.25, 0.3) is 0 Å². The van der Waals surface area contributed by atoms with E-state index in [1.807, 2.05) is 30.3 Å². The van der Waals surface area contributed by atoms with Gasteiger partial charge in [-0.05, 0) is 42.7 Å². The maximum Gasteiger partial charge on any atom is 0.0598 e. The Bertz CT molecular complexity index is 430. The molecule has 1 N–H and O–H groups in total. The smallest absolute Gasteiger partial charge is 0.0598 e. The van der Waals surface area contributed by atoms with Gasteiger partial charge in [-0.3, -0.25) is 9.97 Å². The van der Waals surface area contributed by atoms with Gasteiger partial charge in [0.2, 0.25) is 0 Å². The minimum atomic E-state index is -0.335. The molecule has 2 aromatic heterocycles. The van der Waals surface area contributed by atoms with E-state index in [-0.39, 0.29) is 6.10 Å². The van der Waals surface area contributed by atoms with E-state index in [9.17, 15) is 5.11 Å². The zero-order valence-electron chi connectivity index (χ0n) is 9.66. The summed E-state index contributed by atoms with van der Waals surface area (Å²) >= 11 is 0. The van der Waals surface area contributed by atoms with Crippen LogP contribution in [0.15, 0.2) is 48.9 Å². The van der Waals surface area contributed by atoms with E-state index in [1.54, 1.807) is 18.6 Å². The highest BCUT2D eigenvalue weighted by molar-refractivity contribution is 5.10. The van der Waals surface area contributed by atoms with Crippen LogP contribution < -0.4 is 0 Å². The Balaban J connectivity index is 1.80. The quantitative estimate of drug-likeness (QED) is 0.851. The van der Waals surface area contributed by atoms with E-state index in [0.29, 0.717) is 6.42 Å². The summed E-state index contributed by atoms with van der Waals surface area (Å²) in [4.78, 5) is 8.17. The van der Waals surface area contributed by atoms with Gasteiger partial charge in [0, 0.05) is 30.7 Å². The lowest BCUT2D eigenvalue weighted by atomic mass is 10.0. The van der Waals surface area contributed by atoms with Crippen LogP contribution >= 0.6 is 0 Å². The maximum atomic E-state index is 9.91. The van der Waals surface area contributed by atoms with Crippen molar-refractivity contribution in [2.45, 2.75) is 25.4 Å². The predicted octanol–water partition coefficient (Wildman–Crippen LogP) is 2.01. The molecule has 0 radical (unpaired) electrons. The Labute approximate surface area is 101 Å². The number of pyridine rings is 2. The van der Waals surface area contributed by atoms with Crippen LogP contribution in [0.4, 0.5) is 0 Å². The third kappa shape index (κ3) is 3.96. The summed E-state index contributed by atoms with van der Waals surface area (Å²) in [7, 11) is 0. The molecule has 2 rings (SSSR count). The average molecular weight is 228 g/mol. The number of nitrogens with zero attached hydrogens (tertiary/aromatic N) is 2. The lowest BCUT2D eigenvalue weighted by Crippen LogP contribution is -2.12. The fraction of sp³-hybridized carbons (Fsp3) is 0.286. The van der Waals surface area contributed by atoms with Gasteiger partial charge < -0.3 is 5.11 Å². The average Bonchev–Trinajstić information content (AvgIpc) is 2.39. The van der Waals surface area contributed by atoms with E-state index in [4.69, 9.17) is 0 Å². The first-order chi connectivity index (χ1) is 8.34. The van der Waals surface area contributed by atoms with Crippen LogP contribution in [0, 0.1) is 0 Å². The highest BCUT2D eigenvalue weighted by Gasteiger charge is 2.06. The first kappa shape index (κ1) is 11.7. The van der Waals surface area contributed by atoms with Gasteiger partial charge in [0.15, 0.2) is 0 Å². The molecule has 17 heavy (non-hydrogen) atoms. The first-order valence-corrected chi connectivity index (χ1v) is 5.81. The molecule has 0 aromatic carbocycles. The third-order valence-corrected chi connectivity index (χ3v) is 2.69. The monoisotopic (exact) mass is 228 g/mol. The van der Waals surface area contributed by atoms with Gasteiger partial charge in [0.1, 0.15) is 0 Å². The topological polar surface area (TPSA) is 46.0 Å². The fourth-order valence-electron chi connectivity index (χ4n) is 1.75. The Morgan fingerprint density at radius 2 is 1.88 bits per heavy atom. The van der Waals surface area contributed by atoms with Gasteiger partial charge >= 0.3 is 0 Å². The lowest BCUT2D eigenvalue weighted by Gasteiger charge is -2.09. The van der Waals surface area contributed by atoms with Gasteiger partial charge in [-0.2, -0.15) is 0 Å². The third-order valence-electron chi connectivity index (χ3n) is 2.69. The van der Waals surface area contributed by atoms with Gasteiger partial charge in [-0.1, -0.05) is 6.07 Å². The summed E-state index contributed by atoms with van der Waals surface area (Å²) in [5.41, 5.74) is 2.15. The molecule has 88 valence electrons. The van der Waals surface area contributed by atoms with Gasteiger partial charge in [0.05, 0.1) is 6.10 Å². The summed E-state index contributed by atoms with van der Waals surface area (Å²) in [5.74, 6) is 0. The molecule has 0 amide bonds. The lowest BCUT2D eigenvalue weighted by molar-refractivity contribution is 0.164. The summed E-state index contributed by atoms with van der Waals surface area (Å²) < 4.78 is 0. The molecule has 0 spiro atoms. The normalized spacial score (nSPS) is 12.3. The molecule has 3 heteroatoms.